The number of nitrogens with zero attached hydrogens (tertiary/aromatic N) is 3. The average molecular weight is 369 g/mol. The summed E-state index contributed by atoms with van der Waals surface area (Å²) in [7, 11) is 3.59. The Morgan fingerprint density at radius 3 is 2.52 bits per heavy atom. The largest absolute Gasteiger partial charge is 0.375 e. The van der Waals surface area contributed by atoms with E-state index in [0.717, 1.165) is 25.7 Å². The number of piperidine rings is 1. The molecule has 3 rings (SSSR count). The molecule has 0 aromatic heterocycles. The van der Waals surface area contributed by atoms with Crippen LogP contribution in [0.1, 0.15) is 48.0 Å². The van der Waals surface area contributed by atoms with Gasteiger partial charge in [-0.3, -0.25) is 9.59 Å². The first-order chi connectivity index (χ1) is 12.9. The van der Waals surface area contributed by atoms with Crippen LogP contribution in [0.4, 0.5) is 0 Å². The number of hydrogen-bond donors (Lipinski definition) is 0. The minimum Gasteiger partial charge on any atom is -0.375 e. The number of carbonyl (C=O) groups excluding carboxylic acids is 2. The summed E-state index contributed by atoms with van der Waals surface area (Å²) in [5, 5.41) is 8.88. The van der Waals surface area contributed by atoms with Gasteiger partial charge in [0.15, 0.2) is 0 Å². The van der Waals surface area contributed by atoms with E-state index in [1.165, 1.54) is 0 Å². The standard InChI is InChI=1S/C21H27N3O3/c1-23(2)19(25)13-17-7-12-27-21(14-17)8-10-24(11-9-21)20(26)18-5-3-16(15-22)4-6-18/h3-6,17H,7-14H2,1-2H3. The van der Waals surface area contributed by atoms with Crippen molar-refractivity contribution in [1.82, 2.24) is 9.80 Å². The van der Waals surface area contributed by atoms with E-state index < -0.39 is 0 Å². The Hall–Kier alpha value is -2.39. The maximum atomic E-state index is 12.7. The molecule has 2 fully saturated rings. The fraction of sp³-hybridized carbons (Fsp3) is 0.571. The summed E-state index contributed by atoms with van der Waals surface area (Å²) in [5.41, 5.74) is 0.971. The van der Waals surface area contributed by atoms with Crippen molar-refractivity contribution in [1.29, 1.82) is 5.26 Å². The Labute approximate surface area is 160 Å². The molecule has 1 aromatic carbocycles. The molecule has 2 heterocycles. The normalized spacial score (nSPS) is 21.5. The molecule has 2 aliphatic rings. The number of amides is 2. The predicted octanol–water partition coefficient (Wildman–Crippen LogP) is 2.44. The van der Waals surface area contributed by atoms with Gasteiger partial charge in [0.1, 0.15) is 0 Å². The number of likely N-dealkylation sites (tertiary alicyclic amines) is 1. The van der Waals surface area contributed by atoms with Crippen molar-refractivity contribution in [2.75, 3.05) is 33.8 Å². The Kier molecular flexibility index (Phi) is 5.81. The van der Waals surface area contributed by atoms with Crippen molar-refractivity contribution in [3.63, 3.8) is 0 Å². The molecule has 0 saturated carbocycles. The molecule has 0 radical (unpaired) electrons. The van der Waals surface area contributed by atoms with Gasteiger partial charge < -0.3 is 14.5 Å². The van der Waals surface area contributed by atoms with Gasteiger partial charge in [-0.25, -0.2) is 0 Å². The van der Waals surface area contributed by atoms with Gasteiger partial charge >= 0.3 is 0 Å². The summed E-state index contributed by atoms with van der Waals surface area (Å²) in [6, 6.07) is 8.85. The number of rotatable bonds is 3. The number of nitriles is 1. The van der Waals surface area contributed by atoms with E-state index in [1.54, 1.807) is 43.3 Å². The van der Waals surface area contributed by atoms with Gasteiger partial charge in [0, 0.05) is 45.8 Å². The van der Waals surface area contributed by atoms with E-state index in [0.29, 0.717) is 43.2 Å². The average Bonchev–Trinajstić information content (AvgIpc) is 2.68. The van der Waals surface area contributed by atoms with Crippen molar-refractivity contribution in [3.8, 4) is 6.07 Å². The summed E-state index contributed by atoms with van der Waals surface area (Å²) in [6.45, 7) is 2.01. The van der Waals surface area contributed by atoms with Crippen molar-refractivity contribution in [3.05, 3.63) is 35.4 Å². The van der Waals surface area contributed by atoms with Gasteiger partial charge in [-0.2, -0.15) is 5.26 Å². The molecule has 1 atom stereocenters. The van der Waals surface area contributed by atoms with Crippen molar-refractivity contribution >= 4 is 11.8 Å². The summed E-state index contributed by atoms with van der Waals surface area (Å²) in [4.78, 5) is 28.3. The van der Waals surface area contributed by atoms with E-state index in [9.17, 15) is 9.59 Å². The third kappa shape index (κ3) is 4.48. The minimum atomic E-state index is -0.197. The van der Waals surface area contributed by atoms with Crippen molar-refractivity contribution in [2.24, 2.45) is 5.92 Å². The molecule has 6 nitrogen and oxygen atoms in total. The quantitative estimate of drug-likeness (QED) is 0.820. The maximum absolute atomic E-state index is 12.7. The highest BCUT2D eigenvalue weighted by Gasteiger charge is 2.41. The first kappa shape index (κ1) is 19.4. The summed E-state index contributed by atoms with van der Waals surface area (Å²) in [6.07, 6.45) is 4.01. The van der Waals surface area contributed by atoms with Gasteiger partial charge in [0.25, 0.3) is 5.91 Å². The second-order valence-electron chi connectivity index (χ2n) is 7.86. The molecule has 6 heteroatoms. The number of ether oxygens (including phenoxy) is 1. The van der Waals surface area contributed by atoms with Crippen LogP contribution in [0, 0.1) is 17.2 Å². The van der Waals surface area contributed by atoms with Gasteiger partial charge in [-0.15, -0.1) is 0 Å². The zero-order valence-electron chi connectivity index (χ0n) is 16.1. The first-order valence-electron chi connectivity index (χ1n) is 9.56. The monoisotopic (exact) mass is 369 g/mol. The van der Waals surface area contributed by atoms with Gasteiger partial charge in [-0.05, 0) is 55.9 Å². The Balaban J connectivity index is 1.58. The van der Waals surface area contributed by atoms with Crippen molar-refractivity contribution in [2.45, 2.75) is 37.7 Å². The molecule has 1 spiro atoms. The summed E-state index contributed by atoms with van der Waals surface area (Å²) in [5.74, 6) is 0.532. The molecule has 27 heavy (non-hydrogen) atoms. The lowest BCUT2D eigenvalue weighted by molar-refractivity contribution is -0.139. The van der Waals surface area contributed by atoms with E-state index >= 15 is 0 Å². The van der Waals surface area contributed by atoms with Gasteiger partial charge in [0.2, 0.25) is 5.91 Å². The second-order valence-corrected chi connectivity index (χ2v) is 7.86. The van der Waals surface area contributed by atoms with Crippen LogP contribution >= 0.6 is 0 Å². The third-order valence-corrected chi connectivity index (χ3v) is 5.78. The number of benzene rings is 1. The third-order valence-electron chi connectivity index (χ3n) is 5.78. The zero-order chi connectivity index (χ0) is 19.4. The van der Waals surface area contributed by atoms with Crippen LogP contribution < -0.4 is 0 Å². The lowest BCUT2D eigenvalue weighted by Crippen LogP contribution is -2.51. The molecule has 2 amide bonds. The van der Waals surface area contributed by atoms with Crippen LogP contribution in [-0.4, -0.2) is 61.0 Å². The Morgan fingerprint density at radius 2 is 1.93 bits per heavy atom. The Bertz CT molecular complexity index is 728. The lowest BCUT2D eigenvalue weighted by atomic mass is 9.78. The highest BCUT2D eigenvalue weighted by molar-refractivity contribution is 5.94. The van der Waals surface area contributed by atoms with Crippen LogP contribution in [0.3, 0.4) is 0 Å². The van der Waals surface area contributed by atoms with E-state index in [-0.39, 0.29) is 17.4 Å². The van der Waals surface area contributed by atoms with Crippen LogP contribution in [0.25, 0.3) is 0 Å². The highest BCUT2D eigenvalue weighted by Crippen LogP contribution is 2.39. The fourth-order valence-corrected chi connectivity index (χ4v) is 4.07. The number of hydrogen-bond acceptors (Lipinski definition) is 4. The van der Waals surface area contributed by atoms with E-state index in [4.69, 9.17) is 10.00 Å². The summed E-state index contributed by atoms with van der Waals surface area (Å²) >= 11 is 0. The smallest absolute Gasteiger partial charge is 0.253 e. The summed E-state index contributed by atoms with van der Waals surface area (Å²) < 4.78 is 6.14. The molecule has 2 aliphatic heterocycles. The molecule has 2 saturated heterocycles. The van der Waals surface area contributed by atoms with Crippen LogP contribution in [0.15, 0.2) is 24.3 Å². The van der Waals surface area contributed by atoms with Crippen LogP contribution in [0.5, 0.6) is 0 Å². The van der Waals surface area contributed by atoms with Crippen molar-refractivity contribution < 1.29 is 14.3 Å². The maximum Gasteiger partial charge on any atom is 0.253 e. The van der Waals surface area contributed by atoms with Crippen LogP contribution in [-0.2, 0) is 9.53 Å². The molecule has 1 unspecified atom stereocenters. The Morgan fingerprint density at radius 1 is 1.26 bits per heavy atom. The molecule has 144 valence electrons. The molecular weight excluding hydrogens is 342 g/mol. The molecule has 1 aromatic rings. The molecule has 0 N–H and O–H groups in total. The zero-order valence-corrected chi connectivity index (χ0v) is 16.1. The SMILES string of the molecule is CN(C)C(=O)CC1CCOC2(CCN(C(=O)c3ccc(C#N)cc3)CC2)C1. The van der Waals surface area contributed by atoms with Gasteiger partial charge in [0.05, 0.1) is 17.2 Å². The fourth-order valence-electron chi connectivity index (χ4n) is 4.07. The van der Waals surface area contributed by atoms with E-state index in [2.05, 4.69) is 6.07 Å². The van der Waals surface area contributed by atoms with Crippen LogP contribution in [0.2, 0.25) is 0 Å². The highest BCUT2D eigenvalue weighted by atomic mass is 16.5. The van der Waals surface area contributed by atoms with E-state index in [1.807, 2.05) is 4.90 Å². The molecule has 0 aliphatic carbocycles. The predicted molar refractivity (Wildman–Crippen MR) is 101 cm³/mol. The first-order valence-corrected chi connectivity index (χ1v) is 9.56. The van der Waals surface area contributed by atoms with Gasteiger partial charge in [-0.1, -0.05) is 0 Å². The lowest BCUT2D eigenvalue weighted by Gasteiger charge is -2.46. The molecular formula is C21H27N3O3. The second kappa shape index (κ2) is 8.10. The number of carbonyl (C=O) groups is 2. The topological polar surface area (TPSA) is 73.6 Å². The molecule has 0 bridgehead atoms. The minimum absolute atomic E-state index is 0.00415.